The van der Waals surface area contributed by atoms with Gasteiger partial charge in [-0.2, -0.15) is 0 Å². The van der Waals surface area contributed by atoms with E-state index in [9.17, 15) is 44.1 Å². The summed E-state index contributed by atoms with van der Waals surface area (Å²) in [5.41, 5.74) is 0.964. The van der Waals surface area contributed by atoms with Crippen molar-refractivity contribution in [1.29, 1.82) is 0 Å². The average Bonchev–Trinajstić information content (AvgIpc) is 2.87. The first kappa shape index (κ1) is 38.8. The summed E-state index contributed by atoms with van der Waals surface area (Å²) >= 11 is 0. The zero-order valence-electron chi connectivity index (χ0n) is 24.8. The molecule has 0 amide bonds. The Morgan fingerprint density at radius 2 is 0.930 bits per heavy atom. The van der Waals surface area contributed by atoms with Crippen LogP contribution in [0.3, 0.4) is 0 Å². The first-order valence-electron chi connectivity index (χ1n) is 14.1. The number of pyridine rings is 1. The van der Waals surface area contributed by atoms with Crippen LogP contribution in [0.4, 0.5) is 0 Å². The van der Waals surface area contributed by atoms with Crippen LogP contribution >= 0.6 is 0 Å². The topological polar surface area (TPSA) is 194 Å². The number of aliphatic carboxylic acids is 3. The first-order valence-corrected chi connectivity index (χ1v) is 14.1. The van der Waals surface area contributed by atoms with Crippen LogP contribution in [0.2, 0.25) is 0 Å². The van der Waals surface area contributed by atoms with Gasteiger partial charge in [-0.05, 0) is 52.2 Å². The predicted molar refractivity (Wildman–Crippen MR) is 143 cm³/mol. The normalized spacial score (nSPS) is 17.3. The van der Waals surface area contributed by atoms with Crippen molar-refractivity contribution in [3.8, 4) is 0 Å². The van der Waals surface area contributed by atoms with Crippen molar-refractivity contribution in [2.45, 2.75) is 90.5 Å². The number of carbonyl (C=O) groups excluding carboxylic acids is 6. The molecule has 1 radical (unpaired) electrons. The number of nitrogens with zero attached hydrogens (tertiary/aromatic N) is 4. The maximum Gasteiger partial charge on any atom is 3.00 e. The summed E-state index contributed by atoms with van der Waals surface area (Å²) in [5.74, 6) is -4.78. The maximum atomic E-state index is 12.2. The van der Waals surface area contributed by atoms with E-state index in [0.29, 0.717) is 11.4 Å². The molecule has 13 nitrogen and oxygen atoms in total. The van der Waals surface area contributed by atoms with Gasteiger partial charge in [-0.3, -0.25) is 19.7 Å². The Labute approximate surface area is 283 Å². The summed E-state index contributed by atoms with van der Waals surface area (Å²) in [4.78, 5) is 80.8. The summed E-state index contributed by atoms with van der Waals surface area (Å²) in [7, 11) is 0. The number of fused-ring (bicyclic) bond motifs is 2. The third kappa shape index (κ3) is 13.5. The third-order valence-corrected chi connectivity index (χ3v) is 7.39. The van der Waals surface area contributed by atoms with Crippen molar-refractivity contribution in [1.82, 2.24) is 19.7 Å². The van der Waals surface area contributed by atoms with Gasteiger partial charge in [0.25, 0.3) is 0 Å². The van der Waals surface area contributed by atoms with Crippen LogP contribution in [0.5, 0.6) is 0 Å². The molecule has 2 heterocycles. The SMILES string of the molecule is CC(=O)CCC(C(=O)[O-])N1CCN(C(CCC(C)=O)C(=O)[O-])Cc2cccc(n2)CN(C(CCC(C)=O)C(=O)[O-])CC1.[Gd+3]. The molecule has 0 aliphatic carbocycles. The van der Waals surface area contributed by atoms with Crippen LogP contribution in [0.15, 0.2) is 18.2 Å². The van der Waals surface area contributed by atoms with Crippen LogP contribution < -0.4 is 15.3 Å². The van der Waals surface area contributed by atoms with Crippen LogP contribution in [0, 0.1) is 39.9 Å². The van der Waals surface area contributed by atoms with E-state index in [-0.39, 0.29) is 135 Å². The molecule has 237 valence electrons. The van der Waals surface area contributed by atoms with E-state index in [1.165, 1.54) is 25.7 Å². The Kier molecular flexibility index (Phi) is 17.3. The van der Waals surface area contributed by atoms with Crippen molar-refractivity contribution < 1.29 is 84.0 Å². The first-order chi connectivity index (χ1) is 19.8. The molecule has 0 spiro atoms. The van der Waals surface area contributed by atoms with E-state index in [0.717, 1.165) is 0 Å². The van der Waals surface area contributed by atoms with E-state index in [4.69, 9.17) is 0 Å². The summed E-state index contributed by atoms with van der Waals surface area (Å²) in [6.45, 7) is 4.27. The standard InChI is InChI=1S/C29H42N4O9.Gd/c1-19(34)7-10-24(27(37)38)31-13-15-32(25(28(39)40)11-8-20(2)35)17-22-5-4-6-23(30-22)18-33(16-14-31)26(29(41)42)12-9-21(3)36;/h4-6,24-26H,7-18H2,1-3H3,(H,37,38)(H,39,40)(H,41,42);/q;+3/p-3. The fourth-order valence-electron chi connectivity index (χ4n) is 5.12. The number of hydrogen-bond acceptors (Lipinski definition) is 13. The molecule has 2 bridgehead atoms. The molecule has 3 unspecified atom stereocenters. The van der Waals surface area contributed by atoms with E-state index >= 15 is 0 Å². The van der Waals surface area contributed by atoms with Gasteiger partial charge in [-0.15, -0.1) is 0 Å². The fourth-order valence-corrected chi connectivity index (χ4v) is 5.12. The summed E-state index contributed by atoms with van der Waals surface area (Å²) < 4.78 is 0. The van der Waals surface area contributed by atoms with Gasteiger partial charge in [0.05, 0.1) is 41.4 Å². The van der Waals surface area contributed by atoms with Gasteiger partial charge >= 0.3 is 39.9 Å². The van der Waals surface area contributed by atoms with Gasteiger partial charge in [0.15, 0.2) is 0 Å². The minimum absolute atomic E-state index is 0. The Morgan fingerprint density at radius 1 is 0.628 bits per heavy atom. The smallest absolute Gasteiger partial charge is 0.548 e. The van der Waals surface area contributed by atoms with Gasteiger partial charge in [0.2, 0.25) is 0 Å². The van der Waals surface area contributed by atoms with Gasteiger partial charge in [0.1, 0.15) is 17.3 Å². The molecule has 1 aliphatic heterocycles. The summed E-state index contributed by atoms with van der Waals surface area (Å²) in [6.07, 6.45) is -0.0943. The van der Waals surface area contributed by atoms with Crippen LogP contribution in [0.25, 0.3) is 0 Å². The van der Waals surface area contributed by atoms with E-state index in [1.807, 2.05) is 0 Å². The molecule has 0 fully saturated rings. The Balaban J connectivity index is 0.00000924. The number of rotatable bonds is 15. The van der Waals surface area contributed by atoms with Gasteiger partial charge in [-0.25, -0.2) is 0 Å². The van der Waals surface area contributed by atoms with Gasteiger partial charge < -0.3 is 44.1 Å². The van der Waals surface area contributed by atoms with E-state index in [2.05, 4.69) is 4.98 Å². The number of carboxylic acid groups (broad SMARTS) is 3. The number of carbonyl (C=O) groups is 6. The monoisotopic (exact) mass is 745 g/mol. The van der Waals surface area contributed by atoms with Crippen LogP contribution in [-0.4, -0.2) is 99.2 Å². The Morgan fingerprint density at radius 3 is 1.23 bits per heavy atom. The second kappa shape index (κ2) is 19.2. The van der Waals surface area contributed by atoms with Gasteiger partial charge in [0, 0.05) is 64.6 Å². The quantitative estimate of drug-likeness (QED) is 0.183. The van der Waals surface area contributed by atoms with Crippen molar-refractivity contribution in [2.75, 3.05) is 26.2 Å². The average molecular weight is 745 g/mol. The molecule has 14 heteroatoms. The van der Waals surface area contributed by atoms with Crippen molar-refractivity contribution in [3.05, 3.63) is 29.6 Å². The molecule has 43 heavy (non-hydrogen) atoms. The molecule has 1 aromatic rings. The molecule has 0 saturated carbocycles. The molecule has 1 aliphatic rings. The van der Waals surface area contributed by atoms with Crippen LogP contribution in [0.1, 0.15) is 70.7 Å². The second-order valence-electron chi connectivity index (χ2n) is 10.8. The van der Waals surface area contributed by atoms with Gasteiger partial charge in [-0.1, -0.05) is 6.07 Å². The molecule has 0 aromatic carbocycles. The minimum Gasteiger partial charge on any atom is -0.548 e. The van der Waals surface area contributed by atoms with E-state index in [1.54, 1.807) is 28.0 Å². The Hall–Kier alpha value is -2.23. The Bertz CT molecular complexity index is 1080. The zero-order chi connectivity index (χ0) is 31.4. The largest absolute Gasteiger partial charge is 3.00 e. The second-order valence-corrected chi connectivity index (χ2v) is 10.8. The van der Waals surface area contributed by atoms with Crippen molar-refractivity contribution in [2.24, 2.45) is 0 Å². The maximum absolute atomic E-state index is 12.2. The summed E-state index contributed by atoms with van der Waals surface area (Å²) in [6, 6.07) is 1.55. The zero-order valence-corrected chi connectivity index (χ0v) is 27.0. The van der Waals surface area contributed by atoms with E-state index < -0.39 is 36.0 Å². The molecule has 0 N–H and O–H groups in total. The number of carboxylic acids is 3. The molecule has 0 saturated heterocycles. The summed E-state index contributed by atoms with van der Waals surface area (Å²) in [5, 5.41) is 36.6. The number of hydrogen-bond donors (Lipinski definition) is 0. The molecular weight excluding hydrogens is 706 g/mol. The molecule has 2 rings (SSSR count). The minimum atomic E-state index is -1.42. The predicted octanol–water partition coefficient (Wildman–Crippen LogP) is -2.54. The van der Waals surface area contributed by atoms with Crippen LogP contribution in [-0.2, 0) is 41.9 Å². The fraction of sp³-hybridized carbons (Fsp3) is 0.621. The van der Waals surface area contributed by atoms with Crippen molar-refractivity contribution in [3.63, 3.8) is 0 Å². The molecular formula is C29H39GdN4O9. The van der Waals surface area contributed by atoms with Crippen molar-refractivity contribution >= 4 is 35.3 Å². The number of Topliss-reactive ketones (excluding diaryl/α,β-unsaturated/α-hetero) is 3. The molecule has 3 atom stereocenters. The number of aromatic nitrogens is 1. The third-order valence-electron chi connectivity index (χ3n) is 7.39. The number of ketones is 3. The molecule has 1 aromatic heterocycles.